The van der Waals surface area contributed by atoms with Gasteiger partial charge in [0.2, 0.25) is 5.16 Å². The molecule has 3 aromatic rings. The molecule has 2 aromatic carbocycles. The minimum absolute atomic E-state index is 0.0356. The molecule has 0 radical (unpaired) electrons. The van der Waals surface area contributed by atoms with Gasteiger partial charge in [-0.2, -0.15) is 9.78 Å². The number of fused-ring (bicyclic) bond motifs is 1. The number of methoxy groups -OCH3 is 2. The Labute approximate surface area is 184 Å². The summed E-state index contributed by atoms with van der Waals surface area (Å²) in [6.07, 6.45) is 0.907. The number of hydrogen-bond acceptors (Lipinski definition) is 8. The molecule has 0 bridgehead atoms. The lowest BCUT2D eigenvalue weighted by atomic mass is 10.1. The summed E-state index contributed by atoms with van der Waals surface area (Å²) in [5.74, 6) is 3.44. The second kappa shape index (κ2) is 8.60. The Morgan fingerprint density at radius 2 is 1.90 bits per heavy atom. The van der Waals surface area contributed by atoms with E-state index in [-0.39, 0.29) is 6.10 Å². The van der Waals surface area contributed by atoms with Gasteiger partial charge in [0.1, 0.15) is 11.9 Å². The van der Waals surface area contributed by atoms with Gasteiger partial charge in [0.05, 0.1) is 38.7 Å². The van der Waals surface area contributed by atoms with Crippen LogP contribution in [0.3, 0.4) is 0 Å². The Kier molecular flexibility index (Phi) is 5.52. The highest BCUT2D eigenvalue weighted by molar-refractivity contribution is 7.99. The van der Waals surface area contributed by atoms with E-state index in [1.54, 1.807) is 30.7 Å². The van der Waals surface area contributed by atoms with Gasteiger partial charge in [0, 0.05) is 17.7 Å². The number of hydrogen-bond donors (Lipinski definition) is 0. The maximum atomic E-state index is 6.15. The number of para-hydroxylation sites is 1. The first kappa shape index (κ1) is 19.9. The summed E-state index contributed by atoms with van der Waals surface area (Å²) in [5, 5.41) is 14.3. The molecule has 2 aliphatic rings. The summed E-state index contributed by atoms with van der Waals surface area (Å²) in [6, 6.07) is 13.6. The van der Waals surface area contributed by atoms with Crippen molar-refractivity contribution in [1.29, 1.82) is 0 Å². The molecule has 3 heterocycles. The topological polar surface area (TPSA) is 80.0 Å². The van der Waals surface area contributed by atoms with Crippen LogP contribution in [0.1, 0.15) is 12.0 Å². The van der Waals surface area contributed by atoms with E-state index < -0.39 is 0 Å². The molecule has 1 saturated heterocycles. The average Bonchev–Trinajstić information content (AvgIpc) is 3.48. The summed E-state index contributed by atoms with van der Waals surface area (Å²) in [7, 11) is 3.29. The molecule has 0 amide bonds. The Hall–Kier alpha value is -3.04. The van der Waals surface area contributed by atoms with Crippen LogP contribution < -0.4 is 14.2 Å². The van der Waals surface area contributed by atoms with E-state index in [9.17, 15) is 0 Å². The highest BCUT2D eigenvalue weighted by atomic mass is 32.2. The van der Waals surface area contributed by atoms with E-state index >= 15 is 0 Å². The van der Waals surface area contributed by atoms with Crippen LogP contribution in [-0.2, 0) is 4.74 Å². The first-order valence-corrected chi connectivity index (χ1v) is 11.0. The third-order valence-electron chi connectivity index (χ3n) is 5.20. The zero-order valence-corrected chi connectivity index (χ0v) is 18.1. The van der Waals surface area contributed by atoms with Gasteiger partial charge in [-0.15, -0.1) is 10.2 Å². The highest BCUT2D eigenvalue weighted by Gasteiger charge is 2.24. The molecular formula is C22H22N4O4S. The molecule has 1 aromatic heterocycles. The fraction of sp³-hybridized carbons (Fsp3) is 0.318. The Morgan fingerprint density at radius 1 is 1.03 bits per heavy atom. The summed E-state index contributed by atoms with van der Waals surface area (Å²) >= 11 is 1.60. The van der Waals surface area contributed by atoms with Crippen LogP contribution in [0, 0.1) is 0 Å². The minimum atomic E-state index is 0.0356. The van der Waals surface area contributed by atoms with Crippen LogP contribution in [0.15, 0.2) is 52.7 Å². The van der Waals surface area contributed by atoms with E-state index in [2.05, 4.69) is 10.2 Å². The van der Waals surface area contributed by atoms with Crippen LogP contribution >= 0.6 is 11.8 Å². The Bertz CT molecular complexity index is 1120. The second-order valence-electron chi connectivity index (χ2n) is 7.12. The normalized spacial score (nSPS) is 17.7. The predicted octanol–water partition coefficient (Wildman–Crippen LogP) is 3.49. The van der Waals surface area contributed by atoms with Crippen molar-refractivity contribution in [3.63, 3.8) is 0 Å². The summed E-state index contributed by atoms with van der Waals surface area (Å²) < 4.78 is 24.3. The maximum Gasteiger partial charge on any atom is 0.212 e. The van der Waals surface area contributed by atoms with Gasteiger partial charge in [-0.05, 0) is 30.3 Å². The van der Waals surface area contributed by atoms with Crippen LogP contribution in [0.4, 0.5) is 0 Å². The van der Waals surface area contributed by atoms with Crippen LogP contribution in [0.25, 0.3) is 11.4 Å². The van der Waals surface area contributed by atoms with Crippen LogP contribution in [0.2, 0.25) is 0 Å². The number of ether oxygens (including phenoxy) is 4. The molecule has 0 unspecified atom stereocenters. The predicted molar refractivity (Wildman–Crippen MR) is 118 cm³/mol. The molecule has 8 nitrogen and oxygen atoms in total. The number of aromatic nitrogens is 3. The fourth-order valence-corrected chi connectivity index (χ4v) is 4.44. The van der Waals surface area contributed by atoms with Gasteiger partial charge >= 0.3 is 0 Å². The molecule has 0 spiro atoms. The van der Waals surface area contributed by atoms with E-state index in [1.807, 2.05) is 42.5 Å². The molecule has 31 heavy (non-hydrogen) atoms. The van der Waals surface area contributed by atoms with E-state index in [0.717, 1.165) is 40.8 Å². The van der Waals surface area contributed by atoms with Gasteiger partial charge < -0.3 is 18.9 Å². The van der Waals surface area contributed by atoms with Crippen molar-refractivity contribution in [1.82, 2.24) is 14.9 Å². The highest BCUT2D eigenvalue weighted by Crippen LogP contribution is 2.35. The van der Waals surface area contributed by atoms with Crippen molar-refractivity contribution in [2.45, 2.75) is 17.7 Å². The third-order valence-corrected chi connectivity index (χ3v) is 6.13. The molecule has 5 rings (SSSR count). The molecule has 1 fully saturated rings. The molecule has 9 heteroatoms. The molecule has 2 aliphatic heterocycles. The van der Waals surface area contributed by atoms with Crippen LogP contribution in [-0.4, -0.2) is 59.9 Å². The molecule has 160 valence electrons. The molecule has 0 N–H and O–H groups in total. The quantitative estimate of drug-likeness (QED) is 0.583. The van der Waals surface area contributed by atoms with Crippen molar-refractivity contribution < 1.29 is 18.9 Å². The van der Waals surface area contributed by atoms with Crippen molar-refractivity contribution >= 4 is 17.5 Å². The lowest BCUT2D eigenvalue weighted by molar-refractivity contribution is 0.138. The maximum absolute atomic E-state index is 6.15. The monoisotopic (exact) mass is 438 g/mol. The standard InChI is InChI=1S/C22H22N4O4S/c1-27-18-6-4-3-5-16(18)21-23-24-22-26(21)25-17(13-31-22)14-7-8-19(28-2)20(11-14)30-15-9-10-29-12-15/h3-8,11,15H,9-10,12-13H2,1-2H3/t15-/m1/s1. The van der Waals surface area contributed by atoms with Crippen molar-refractivity contribution in [3.05, 3.63) is 48.0 Å². The smallest absolute Gasteiger partial charge is 0.212 e. The lowest BCUT2D eigenvalue weighted by Crippen LogP contribution is -2.17. The number of thioether (sulfide) groups is 1. The van der Waals surface area contributed by atoms with Gasteiger partial charge in [-0.25, -0.2) is 0 Å². The first-order chi connectivity index (χ1) is 15.3. The first-order valence-electron chi connectivity index (χ1n) is 9.99. The molecule has 1 atom stereocenters. The minimum Gasteiger partial charge on any atom is -0.496 e. The largest absolute Gasteiger partial charge is 0.496 e. The van der Waals surface area contributed by atoms with Crippen LogP contribution in [0.5, 0.6) is 17.2 Å². The van der Waals surface area contributed by atoms with Gasteiger partial charge in [-0.3, -0.25) is 0 Å². The molecule has 0 saturated carbocycles. The number of nitrogens with zero attached hydrogens (tertiary/aromatic N) is 4. The van der Waals surface area contributed by atoms with Gasteiger partial charge in [0.15, 0.2) is 17.3 Å². The SMILES string of the molecule is COc1ccc(C2=Nn3c(nnc3-c3ccccc3OC)SC2)cc1O[C@@H]1CCOC1. The summed E-state index contributed by atoms with van der Waals surface area (Å²) in [5.41, 5.74) is 2.71. The van der Waals surface area contributed by atoms with E-state index in [4.69, 9.17) is 24.0 Å². The van der Waals surface area contributed by atoms with Crippen molar-refractivity contribution in [2.75, 3.05) is 33.2 Å². The average molecular weight is 439 g/mol. The zero-order chi connectivity index (χ0) is 21.2. The number of rotatable bonds is 6. The third kappa shape index (κ3) is 3.86. The summed E-state index contributed by atoms with van der Waals surface area (Å²) in [6.45, 7) is 1.31. The van der Waals surface area contributed by atoms with Crippen molar-refractivity contribution in [2.24, 2.45) is 5.10 Å². The Balaban J connectivity index is 1.51. The fourth-order valence-electron chi connectivity index (χ4n) is 3.60. The van der Waals surface area contributed by atoms with Gasteiger partial charge in [-0.1, -0.05) is 23.9 Å². The van der Waals surface area contributed by atoms with Gasteiger partial charge in [0.25, 0.3) is 0 Å². The summed E-state index contributed by atoms with van der Waals surface area (Å²) in [4.78, 5) is 0. The molecular weight excluding hydrogens is 416 g/mol. The van der Waals surface area contributed by atoms with E-state index in [0.29, 0.717) is 29.7 Å². The van der Waals surface area contributed by atoms with Crippen molar-refractivity contribution in [3.8, 4) is 28.6 Å². The Morgan fingerprint density at radius 3 is 2.71 bits per heavy atom. The number of benzene rings is 2. The second-order valence-corrected chi connectivity index (χ2v) is 8.07. The lowest BCUT2D eigenvalue weighted by Gasteiger charge is -2.18. The van der Waals surface area contributed by atoms with E-state index in [1.165, 1.54) is 0 Å². The molecule has 0 aliphatic carbocycles. The zero-order valence-electron chi connectivity index (χ0n) is 17.3.